The fraction of sp³-hybridized carbons (Fsp3) is 0.375. The summed E-state index contributed by atoms with van der Waals surface area (Å²) in [4.78, 5) is 42.3. The van der Waals surface area contributed by atoms with Crippen molar-refractivity contribution >= 4 is 23.4 Å². The maximum atomic E-state index is 13.5. The number of rotatable bonds is 4. The highest BCUT2D eigenvalue weighted by atomic mass is 19.1. The quantitative estimate of drug-likeness (QED) is 0.711. The van der Waals surface area contributed by atoms with E-state index in [4.69, 9.17) is 0 Å². The Hall–Kier alpha value is -3.02. The maximum Gasteiger partial charge on any atom is 0.257 e. The molecule has 156 valence electrons. The maximum absolute atomic E-state index is 13.5. The van der Waals surface area contributed by atoms with Crippen molar-refractivity contribution in [3.05, 3.63) is 65.5 Å². The molecule has 3 amide bonds. The molecule has 0 spiro atoms. The number of halogens is 1. The van der Waals surface area contributed by atoms with Crippen molar-refractivity contribution in [2.24, 2.45) is 0 Å². The summed E-state index contributed by atoms with van der Waals surface area (Å²) in [7, 11) is 0. The molecule has 1 saturated heterocycles. The number of anilines is 1. The van der Waals surface area contributed by atoms with Crippen molar-refractivity contribution in [3.8, 4) is 0 Å². The fourth-order valence-corrected chi connectivity index (χ4v) is 4.54. The minimum Gasteiger partial charge on any atom is -0.323 e. The number of carbonyl (C=O) groups excluding carboxylic acids is 3. The largest absolute Gasteiger partial charge is 0.323 e. The molecule has 5 nitrogen and oxygen atoms in total. The first kappa shape index (κ1) is 20.3. The van der Waals surface area contributed by atoms with Gasteiger partial charge in [0.05, 0.1) is 12.1 Å². The van der Waals surface area contributed by atoms with Gasteiger partial charge in [-0.25, -0.2) is 9.29 Å². The van der Waals surface area contributed by atoms with Crippen molar-refractivity contribution in [1.82, 2.24) is 4.90 Å². The van der Waals surface area contributed by atoms with Crippen LogP contribution in [0.3, 0.4) is 0 Å². The number of nitrogens with zero attached hydrogens (tertiary/aromatic N) is 2. The molecule has 6 heteroatoms. The molecule has 2 aromatic rings. The van der Waals surface area contributed by atoms with Crippen LogP contribution in [0, 0.1) is 12.7 Å². The van der Waals surface area contributed by atoms with Gasteiger partial charge >= 0.3 is 0 Å². The van der Waals surface area contributed by atoms with Gasteiger partial charge in [0, 0.05) is 11.6 Å². The van der Waals surface area contributed by atoms with E-state index < -0.39 is 17.8 Å². The number of imide groups is 1. The van der Waals surface area contributed by atoms with Crippen LogP contribution < -0.4 is 4.90 Å². The van der Waals surface area contributed by atoms with Crippen molar-refractivity contribution in [2.45, 2.75) is 57.5 Å². The van der Waals surface area contributed by atoms with Crippen LogP contribution in [-0.4, -0.2) is 34.7 Å². The number of hydrogen-bond donors (Lipinski definition) is 0. The van der Waals surface area contributed by atoms with E-state index in [1.54, 1.807) is 11.0 Å². The summed E-state index contributed by atoms with van der Waals surface area (Å²) in [6, 6.07) is 11.7. The highest BCUT2D eigenvalue weighted by molar-refractivity contribution is 6.23. The SMILES string of the molecule is Cc1cccc(C(=O)N(C2CCCCC2)C2CC(=O)N(c3ccc(F)cc3)C2=O)c1. The molecule has 1 unspecified atom stereocenters. The number of benzene rings is 2. The van der Waals surface area contributed by atoms with E-state index in [1.165, 1.54) is 24.3 Å². The molecule has 0 N–H and O–H groups in total. The van der Waals surface area contributed by atoms with Crippen LogP contribution in [0.4, 0.5) is 10.1 Å². The minimum atomic E-state index is -0.835. The molecule has 1 aliphatic carbocycles. The molecular formula is C24H25FN2O3. The summed E-state index contributed by atoms with van der Waals surface area (Å²) in [6.07, 6.45) is 4.71. The lowest BCUT2D eigenvalue weighted by Crippen LogP contribution is -2.51. The molecule has 4 rings (SSSR count). The smallest absolute Gasteiger partial charge is 0.257 e. The second-order valence-electron chi connectivity index (χ2n) is 8.14. The molecule has 0 aromatic heterocycles. The Labute approximate surface area is 175 Å². The lowest BCUT2D eigenvalue weighted by Gasteiger charge is -2.37. The normalized spacial score (nSPS) is 19.9. The molecule has 2 fully saturated rings. The molecule has 1 aliphatic heterocycles. The molecule has 2 aromatic carbocycles. The van der Waals surface area contributed by atoms with Crippen LogP contribution in [0.1, 0.15) is 54.4 Å². The van der Waals surface area contributed by atoms with E-state index in [0.29, 0.717) is 11.3 Å². The lowest BCUT2D eigenvalue weighted by molar-refractivity contribution is -0.123. The van der Waals surface area contributed by atoms with Crippen molar-refractivity contribution in [1.29, 1.82) is 0 Å². The second kappa shape index (κ2) is 8.38. The number of carbonyl (C=O) groups is 3. The summed E-state index contributed by atoms with van der Waals surface area (Å²) < 4.78 is 13.3. The van der Waals surface area contributed by atoms with E-state index in [0.717, 1.165) is 42.6 Å². The zero-order valence-corrected chi connectivity index (χ0v) is 17.0. The standard InChI is InChI=1S/C24H25FN2O3/c1-16-6-5-7-17(14-16)23(29)26(19-8-3-2-4-9-19)21-15-22(28)27(24(21)30)20-12-10-18(25)11-13-20/h5-7,10-14,19,21H,2-4,8-9,15H2,1H3. The zero-order chi connectivity index (χ0) is 21.3. The highest BCUT2D eigenvalue weighted by Crippen LogP contribution is 2.32. The van der Waals surface area contributed by atoms with E-state index >= 15 is 0 Å². The number of aryl methyl sites for hydroxylation is 1. The van der Waals surface area contributed by atoms with Gasteiger partial charge in [0.2, 0.25) is 5.91 Å². The van der Waals surface area contributed by atoms with Gasteiger partial charge in [-0.2, -0.15) is 0 Å². The Bertz CT molecular complexity index is 967. The van der Waals surface area contributed by atoms with E-state index in [1.807, 2.05) is 25.1 Å². The van der Waals surface area contributed by atoms with Crippen molar-refractivity contribution in [3.63, 3.8) is 0 Å². The molecular weight excluding hydrogens is 383 g/mol. The fourth-order valence-electron chi connectivity index (χ4n) is 4.54. The third-order valence-electron chi connectivity index (χ3n) is 6.01. The summed E-state index contributed by atoms with van der Waals surface area (Å²) >= 11 is 0. The average Bonchev–Trinajstić information content (AvgIpc) is 3.03. The Kier molecular flexibility index (Phi) is 5.66. The summed E-state index contributed by atoms with van der Waals surface area (Å²) in [6.45, 7) is 1.92. The van der Waals surface area contributed by atoms with Gasteiger partial charge < -0.3 is 4.90 Å². The molecule has 0 radical (unpaired) electrons. The predicted molar refractivity (Wildman–Crippen MR) is 112 cm³/mol. The third-order valence-corrected chi connectivity index (χ3v) is 6.01. The molecule has 30 heavy (non-hydrogen) atoms. The number of hydrogen-bond acceptors (Lipinski definition) is 3. The van der Waals surface area contributed by atoms with Gasteiger partial charge in [0.15, 0.2) is 0 Å². The van der Waals surface area contributed by atoms with Crippen LogP contribution >= 0.6 is 0 Å². The first-order chi connectivity index (χ1) is 14.5. The topological polar surface area (TPSA) is 57.7 Å². The zero-order valence-electron chi connectivity index (χ0n) is 17.0. The molecule has 1 heterocycles. The first-order valence-electron chi connectivity index (χ1n) is 10.5. The van der Waals surface area contributed by atoms with Gasteiger partial charge in [0.25, 0.3) is 11.8 Å². The minimum absolute atomic E-state index is 0.0513. The molecule has 1 atom stereocenters. The van der Waals surface area contributed by atoms with Gasteiger partial charge in [-0.1, -0.05) is 37.0 Å². The van der Waals surface area contributed by atoms with Crippen LogP contribution in [0.25, 0.3) is 0 Å². The van der Waals surface area contributed by atoms with Gasteiger partial charge in [-0.15, -0.1) is 0 Å². The predicted octanol–water partition coefficient (Wildman–Crippen LogP) is 4.24. The average molecular weight is 408 g/mol. The van der Waals surface area contributed by atoms with E-state index in [2.05, 4.69) is 0 Å². The van der Waals surface area contributed by atoms with Gasteiger partial charge in [-0.3, -0.25) is 14.4 Å². The summed E-state index contributed by atoms with van der Waals surface area (Å²) in [5.74, 6) is -1.43. The first-order valence-corrected chi connectivity index (χ1v) is 10.5. The van der Waals surface area contributed by atoms with Crippen LogP contribution in [0.5, 0.6) is 0 Å². The Morgan fingerprint density at radius 2 is 1.73 bits per heavy atom. The Morgan fingerprint density at radius 3 is 2.40 bits per heavy atom. The molecule has 2 aliphatic rings. The third kappa shape index (κ3) is 3.86. The summed E-state index contributed by atoms with van der Waals surface area (Å²) in [5, 5.41) is 0. The lowest BCUT2D eigenvalue weighted by atomic mass is 9.92. The summed E-state index contributed by atoms with van der Waals surface area (Å²) in [5.41, 5.74) is 1.83. The van der Waals surface area contributed by atoms with Gasteiger partial charge in [0.1, 0.15) is 11.9 Å². The van der Waals surface area contributed by atoms with Crippen LogP contribution in [-0.2, 0) is 9.59 Å². The van der Waals surface area contributed by atoms with E-state index in [-0.39, 0.29) is 24.3 Å². The van der Waals surface area contributed by atoms with Crippen molar-refractivity contribution < 1.29 is 18.8 Å². The Morgan fingerprint density at radius 1 is 1.03 bits per heavy atom. The van der Waals surface area contributed by atoms with Crippen LogP contribution in [0.15, 0.2) is 48.5 Å². The molecule has 1 saturated carbocycles. The van der Waals surface area contributed by atoms with Crippen molar-refractivity contribution in [2.75, 3.05) is 4.90 Å². The Balaban J connectivity index is 1.68. The molecule has 0 bridgehead atoms. The highest BCUT2D eigenvalue weighted by Gasteiger charge is 2.46. The van der Waals surface area contributed by atoms with Crippen LogP contribution in [0.2, 0.25) is 0 Å². The monoisotopic (exact) mass is 408 g/mol. The second-order valence-corrected chi connectivity index (χ2v) is 8.14. The van der Waals surface area contributed by atoms with E-state index in [9.17, 15) is 18.8 Å². The number of amides is 3. The van der Waals surface area contributed by atoms with Gasteiger partial charge in [-0.05, 0) is 56.2 Å².